The van der Waals surface area contributed by atoms with Crippen LogP contribution in [0.4, 0.5) is 0 Å². The Kier molecular flexibility index (Phi) is 8.12. The van der Waals surface area contributed by atoms with Crippen LogP contribution in [0.25, 0.3) is 0 Å². The fourth-order valence-corrected chi connectivity index (χ4v) is 1.64. The number of carbonyl (C=O) groups is 2. The third-order valence-corrected chi connectivity index (χ3v) is 2.76. The third-order valence-electron chi connectivity index (χ3n) is 2.76. The van der Waals surface area contributed by atoms with Crippen molar-refractivity contribution >= 4 is 11.9 Å². The second-order valence-corrected chi connectivity index (χ2v) is 4.37. The Balaban J connectivity index is 2.65. The number of unbranched alkanes of at least 4 members (excludes halogenated alkanes) is 1. The van der Waals surface area contributed by atoms with Crippen molar-refractivity contribution in [2.45, 2.75) is 26.7 Å². The predicted molar refractivity (Wildman–Crippen MR) is 78.4 cm³/mol. The van der Waals surface area contributed by atoms with E-state index in [1.165, 1.54) is 0 Å². The summed E-state index contributed by atoms with van der Waals surface area (Å²) in [6, 6.07) is 6.49. The van der Waals surface area contributed by atoms with Crippen molar-refractivity contribution in [3.8, 4) is 0 Å². The van der Waals surface area contributed by atoms with Gasteiger partial charge in [-0.05, 0) is 25.5 Å². The van der Waals surface area contributed by atoms with E-state index in [-0.39, 0.29) is 17.7 Å². The average molecular weight is 294 g/mol. The summed E-state index contributed by atoms with van der Waals surface area (Å²) < 4.78 is 15.3. The van der Waals surface area contributed by atoms with Gasteiger partial charge in [0.1, 0.15) is 6.61 Å². The molecule has 5 heteroatoms. The van der Waals surface area contributed by atoms with Crippen molar-refractivity contribution in [3.05, 3.63) is 35.4 Å². The van der Waals surface area contributed by atoms with Crippen molar-refractivity contribution < 1.29 is 23.8 Å². The van der Waals surface area contributed by atoms with Crippen molar-refractivity contribution in [1.29, 1.82) is 0 Å². The molecule has 0 saturated heterocycles. The SMILES string of the molecule is CCCCOC(=O)c1ccccc1C(=O)OCCOCC. The van der Waals surface area contributed by atoms with E-state index < -0.39 is 11.9 Å². The fraction of sp³-hybridized carbons (Fsp3) is 0.500. The first-order valence-electron chi connectivity index (χ1n) is 7.21. The number of esters is 2. The number of carbonyl (C=O) groups excluding carboxylic acids is 2. The molecule has 0 spiro atoms. The Morgan fingerprint density at radius 2 is 1.48 bits per heavy atom. The first-order valence-corrected chi connectivity index (χ1v) is 7.21. The molecular weight excluding hydrogens is 272 g/mol. The fourth-order valence-electron chi connectivity index (χ4n) is 1.64. The van der Waals surface area contributed by atoms with Gasteiger partial charge in [-0.1, -0.05) is 25.5 Å². The molecule has 0 N–H and O–H groups in total. The Bertz CT molecular complexity index is 456. The Hall–Kier alpha value is -1.88. The molecular formula is C16H22O5. The Morgan fingerprint density at radius 1 is 0.905 bits per heavy atom. The molecule has 0 radical (unpaired) electrons. The Morgan fingerprint density at radius 3 is 2.00 bits per heavy atom. The maximum absolute atomic E-state index is 12.0. The molecule has 0 aliphatic rings. The molecule has 1 aromatic carbocycles. The summed E-state index contributed by atoms with van der Waals surface area (Å²) in [4.78, 5) is 23.9. The number of rotatable bonds is 9. The zero-order valence-electron chi connectivity index (χ0n) is 12.6. The smallest absolute Gasteiger partial charge is 0.339 e. The highest BCUT2D eigenvalue weighted by molar-refractivity contribution is 6.03. The molecule has 0 amide bonds. The van der Waals surface area contributed by atoms with Crippen molar-refractivity contribution in [3.63, 3.8) is 0 Å². The van der Waals surface area contributed by atoms with E-state index in [4.69, 9.17) is 14.2 Å². The van der Waals surface area contributed by atoms with E-state index >= 15 is 0 Å². The minimum absolute atomic E-state index is 0.159. The van der Waals surface area contributed by atoms with Crippen LogP contribution < -0.4 is 0 Å². The minimum Gasteiger partial charge on any atom is -0.462 e. The van der Waals surface area contributed by atoms with Crippen LogP contribution in [0.5, 0.6) is 0 Å². The molecule has 0 heterocycles. The van der Waals surface area contributed by atoms with Gasteiger partial charge in [0, 0.05) is 6.61 Å². The first kappa shape index (κ1) is 17.2. The largest absolute Gasteiger partial charge is 0.462 e. The second kappa shape index (κ2) is 9.94. The number of hydrogen-bond donors (Lipinski definition) is 0. The molecule has 116 valence electrons. The maximum Gasteiger partial charge on any atom is 0.339 e. The van der Waals surface area contributed by atoms with Crippen LogP contribution in [0.1, 0.15) is 47.4 Å². The van der Waals surface area contributed by atoms with Crippen LogP contribution in [-0.4, -0.2) is 38.4 Å². The van der Waals surface area contributed by atoms with Gasteiger partial charge < -0.3 is 14.2 Å². The van der Waals surface area contributed by atoms with Gasteiger partial charge >= 0.3 is 11.9 Å². The topological polar surface area (TPSA) is 61.8 Å². The van der Waals surface area contributed by atoms with Crippen LogP contribution in [0.3, 0.4) is 0 Å². The van der Waals surface area contributed by atoms with Crippen LogP contribution in [-0.2, 0) is 14.2 Å². The quantitative estimate of drug-likeness (QED) is 0.517. The summed E-state index contributed by atoms with van der Waals surface area (Å²) in [5.41, 5.74) is 0.450. The van der Waals surface area contributed by atoms with Crippen LogP contribution in [0.15, 0.2) is 24.3 Å². The molecule has 0 saturated carbocycles. The molecule has 0 bridgehead atoms. The van der Waals surface area contributed by atoms with Gasteiger partial charge in [-0.15, -0.1) is 0 Å². The highest BCUT2D eigenvalue weighted by atomic mass is 16.6. The van der Waals surface area contributed by atoms with Crippen LogP contribution in [0.2, 0.25) is 0 Å². The molecule has 0 aliphatic heterocycles. The van der Waals surface area contributed by atoms with Gasteiger partial charge in [-0.25, -0.2) is 9.59 Å². The lowest BCUT2D eigenvalue weighted by atomic mass is 10.1. The zero-order valence-corrected chi connectivity index (χ0v) is 12.6. The number of ether oxygens (including phenoxy) is 3. The number of benzene rings is 1. The van der Waals surface area contributed by atoms with E-state index in [0.29, 0.717) is 19.8 Å². The van der Waals surface area contributed by atoms with Crippen molar-refractivity contribution in [2.24, 2.45) is 0 Å². The summed E-state index contributed by atoms with van der Waals surface area (Å²) >= 11 is 0. The summed E-state index contributed by atoms with van der Waals surface area (Å²) in [5.74, 6) is -1.04. The van der Waals surface area contributed by atoms with E-state index in [1.54, 1.807) is 24.3 Å². The van der Waals surface area contributed by atoms with Gasteiger partial charge in [-0.2, -0.15) is 0 Å². The normalized spacial score (nSPS) is 10.2. The number of hydrogen-bond acceptors (Lipinski definition) is 5. The van der Waals surface area contributed by atoms with Gasteiger partial charge in [0.25, 0.3) is 0 Å². The predicted octanol–water partition coefficient (Wildman–Crippen LogP) is 2.84. The third kappa shape index (κ3) is 5.95. The van der Waals surface area contributed by atoms with Gasteiger partial charge in [0.15, 0.2) is 0 Å². The first-order chi connectivity index (χ1) is 10.2. The molecule has 0 aromatic heterocycles. The van der Waals surface area contributed by atoms with E-state index in [1.807, 2.05) is 13.8 Å². The molecule has 21 heavy (non-hydrogen) atoms. The lowest BCUT2D eigenvalue weighted by Gasteiger charge is -2.09. The molecule has 0 aliphatic carbocycles. The standard InChI is InChI=1S/C16H22O5/c1-3-5-10-20-15(17)13-8-6-7-9-14(13)16(18)21-12-11-19-4-2/h6-9H,3-5,10-12H2,1-2H3. The molecule has 0 atom stereocenters. The van der Waals surface area contributed by atoms with Crippen LogP contribution in [0, 0.1) is 0 Å². The second-order valence-electron chi connectivity index (χ2n) is 4.37. The molecule has 1 aromatic rings. The maximum atomic E-state index is 12.0. The van der Waals surface area contributed by atoms with E-state index in [0.717, 1.165) is 12.8 Å². The highest BCUT2D eigenvalue weighted by Gasteiger charge is 2.18. The van der Waals surface area contributed by atoms with Crippen molar-refractivity contribution in [2.75, 3.05) is 26.4 Å². The zero-order chi connectivity index (χ0) is 15.5. The van der Waals surface area contributed by atoms with Crippen molar-refractivity contribution in [1.82, 2.24) is 0 Å². The minimum atomic E-state index is -0.544. The van der Waals surface area contributed by atoms with Gasteiger partial charge in [-0.3, -0.25) is 0 Å². The molecule has 0 unspecified atom stereocenters. The highest BCUT2D eigenvalue weighted by Crippen LogP contribution is 2.12. The lowest BCUT2D eigenvalue weighted by molar-refractivity contribution is 0.0325. The van der Waals surface area contributed by atoms with Gasteiger partial charge in [0.2, 0.25) is 0 Å². The van der Waals surface area contributed by atoms with Gasteiger partial charge in [0.05, 0.1) is 24.3 Å². The lowest BCUT2D eigenvalue weighted by Crippen LogP contribution is -2.16. The summed E-state index contributed by atoms with van der Waals surface area (Å²) in [7, 11) is 0. The van der Waals surface area contributed by atoms with E-state index in [2.05, 4.69) is 0 Å². The summed E-state index contributed by atoms with van der Waals surface area (Å²) in [6.45, 7) is 5.29. The molecule has 5 nitrogen and oxygen atoms in total. The van der Waals surface area contributed by atoms with Crippen LogP contribution >= 0.6 is 0 Å². The summed E-state index contributed by atoms with van der Waals surface area (Å²) in [6.07, 6.45) is 1.74. The van der Waals surface area contributed by atoms with E-state index in [9.17, 15) is 9.59 Å². The average Bonchev–Trinajstić information content (AvgIpc) is 2.51. The Labute approximate surface area is 125 Å². The molecule has 1 rings (SSSR count). The summed E-state index contributed by atoms with van der Waals surface area (Å²) in [5, 5.41) is 0. The monoisotopic (exact) mass is 294 g/mol. The molecule has 0 fully saturated rings.